The third kappa shape index (κ3) is 4.12. The van der Waals surface area contributed by atoms with Gasteiger partial charge in [0.15, 0.2) is 5.13 Å². The topological polar surface area (TPSA) is 96.5 Å². The van der Waals surface area contributed by atoms with E-state index in [4.69, 9.17) is 32.7 Å². The van der Waals surface area contributed by atoms with Crippen LogP contribution >= 0.6 is 34.5 Å². The Bertz CT molecular complexity index is 885. The molecule has 0 saturated carbocycles. The van der Waals surface area contributed by atoms with Crippen molar-refractivity contribution in [3.8, 4) is 0 Å². The first-order valence-corrected chi connectivity index (χ1v) is 10.1. The second kappa shape index (κ2) is 8.69. The fourth-order valence-corrected chi connectivity index (χ4v) is 4.35. The summed E-state index contributed by atoms with van der Waals surface area (Å²) in [4.78, 5) is 33.9. The number of rotatable bonds is 5. The van der Waals surface area contributed by atoms with Crippen molar-refractivity contribution in [1.29, 1.82) is 0 Å². The molecule has 0 bridgehead atoms. The number of amides is 1. The molecule has 3 heterocycles. The summed E-state index contributed by atoms with van der Waals surface area (Å²) in [5.41, 5.74) is 0.879. The Balaban J connectivity index is 1.67. The Morgan fingerprint density at radius 1 is 1.36 bits per heavy atom. The van der Waals surface area contributed by atoms with Crippen LogP contribution in [0.4, 0.5) is 5.13 Å². The zero-order chi connectivity index (χ0) is 20.4. The van der Waals surface area contributed by atoms with Gasteiger partial charge in [-0.3, -0.25) is 4.79 Å². The summed E-state index contributed by atoms with van der Waals surface area (Å²) in [6, 6.07) is -0.202. The fourth-order valence-electron chi connectivity index (χ4n) is 3.07. The molecule has 8 nitrogen and oxygen atoms in total. The number of aromatic amines is 1. The van der Waals surface area contributed by atoms with Gasteiger partial charge in [0, 0.05) is 25.9 Å². The molecule has 2 aromatic rings. The van der Waals surface area contributed by atoms with Crippen molar-refractivity contribution in [2.45, 2.75) is 25.5 Å². The number of piperidine rings is 1. The van der Waals surface area contributed by atoms with E-state index in [1.165, 1.54) is 24.6 Å². The van der Waals surface area contributed by atoms with E-state index in [-0.39, 0.29) is 28.8 Å². The predicted octanol–water partition coefficient (Wildman–Crippen LogP) is 2.90. The third-order valence-electron chi connectivity index (χ3n) is 4.61. The molecule has 0 radical (unpaired) electrons. The minimum atomic E-state index is -0.411. The summed E-state index contributed by atoms with van der Waals surface area (Å²) in [6.45, 7) is 2.92. The van der Waals surface area contributed by atoms with Crippen LogP contribution in [0.5, 0.6) is 0 Å². The zero-order valence-corrected chi connectivity index (χ0v) is 17.9. The lowest BCUT2D eigenvalue weighted by Crippen LogP contribution is -2.55. The normalized spacial score (nSPS) is 19.5. The average Bonchev–Trinajstić information content (AvgIpc) is 3.29. The summed E-state index contributed by atoms with van der Waals surface area (Å²) in [7, 11) is 2.93. The van der Waals surface area contributed by atoms with Gasteiger partial charge in [-0.05, 0) is 13.3 Å². The van der Waals surface area contributed by atoms with Gasteiger partial charge in [-0.15, -0.1) is 0 Å². The summed E-state index contributed by atoms with van der Waals surface area (Å²) in [5, 5.41) is 4.23. The molecule has 1 saturated heterocycles. The Labute approximate surface area is 176 Å². The van der Waals surface area contributed by atoms with Crippen LogP contribution in [0.2, 0.25) is 10.0 Å². The second-order valence-electron chi connectivity index (χ2n) is 6.34. The number of anilines is 1. The molecule has 1 aliphatic rings. The Kier molecular flexibility index (Phi) is 6.49. The molecule has 1 fully saturated rings. The first-order valence-electron chi connectivity index (χ1n) is 8.52. The van der Waals surface area contributed by atoms with Gasteiger partial charge in [0.05, 0.1) is 35.5 Å². The Morgan fingerprint density at radius 2 is 2.11 bits per heavy atom. The first kappa shape index (κ1) is 20.9. The van der Waals surface area contributed by atoms with Crippen LogP contribution in [0.15, 0.2) is 6.20 Å². The number of esters is 1. The van der Waals surface area contributed by atoms with Crippen LogP contribution in [-0.2, 0) is 9.47 Å². The van der Waals surface area contributed by atoms with Gasteiger partial charge >= 0.3 is 5.97 Å². The molecule has 0 aromatic carbocycles. The van der Waals surface area contributed by atoms with Crippen molar-refractivity contribution in [3.63, 3.8) is 0 Å². The van der Waals surface area contributed by atoms with E-state index in [2.05, 4.69) is 15.3 Å². The number of hydrogen-bond acceptors (Lipinski definition) is 7. The van der Waals surface area contributed by atoms with Gasteiger partial charge in [0.2, 0.25) is 0 Å². The molecule has 0 spiro atoms. The van der Waals surface area contributed by atoms with Crippen LogP contribution < -0.4 is 10.2 Å². The molecule has 11 heteroatoms. The monoisotopic (exact) mass is 446 g/mol. The van der Waals surface area contributed by atoms with Crippen LogP contribution in [0.25, 0.3) is 0 Å². The van der Waals surface area contributed by atoms with Crippen molar-refractivity contribution < 1.29 is 19.1 Å². The highest BCUT2D eigenvalue weighted by Crippen LogP contribution is 2.30. The highest BCUT2D eigenvalue weighted by Gasteiger charge is 2.33. The molecule has 3 rings (SSSR count). The molecular formula is C17H20Cl2N4O4S. The minimum absolute atomic E-state index is 0.202. The maximum absolute atomic E-state index is 12.6. The lowest BCUT2D eigenvalue weighted by atomic mass is 10.0. The van der Waals surface area contributed by atoms with Crippen LogP contribution in [0, 0.1) is 6.92 Å². The van der Waals surface area contributed by atoms with E-state index >= 15 is 0 Å². The number of aryl methyl sites for hydroxylation is 1. The number of nitrogens with one attached hydrogen (secondary N) is 2. The maximum Gasteiger partial charge on any atom is 0.349 e. The molecule has 152 valence electrons. The van der Waals surface area contributed by atoms with Gasteiger partial charge < -0.3 is 24.7 Å². The quantitative estimate of drug-likeness (QED) is 0.685. The van der Waals surface area contributed by atoms with Crippen molar-refractivity contribution >= 4 is 51.5 Å². The average molecular weight is 447 g/mol. The summed E-state index contributed by atoms with van der Waals surface area (Å²) in [5.74, 6) is -0.742. The molecule has 1 amide bonds. The van der Waals surface area contributed by atoms with Gasteiger partial charge in [-0.1, -0.05) is 34.5 Å². The number of nitrogens with zero attached hydrogens (tertiary/aromatic N) is 2. The zero-order valence-electron chi connectivity index (χ0n) is 15.5. The van der Waals surface area contributed by atoms with Gasteiger partial charge in [-0.2, -0.15) is 0 Å². The smallest absolute Gasteiger partial charge is 0.349 e. The van der Waals surface area contributed by atoms with E-state index in [9.17, 15) is 9.59 Å². The van der Waals surface area contributed by atoms with E-state index in [0.29, 0.717) is 40.2 Å². The molecule has 0 aliphatic carbocycles. The molecule has 1 aliphatic heterocycles. The van der Waals surface area contributed by atoms with Crippen molar-refractivity contribution in [3.05, 3.63) is 32.5 Å². The number of carbonyl (C=O) groups is 2. The standard InChI is InChI=1S/C17H20Cl2N4O4S/c1-8-12(18)13(19)14(21-8)15(24)22-9-4-5-23(7-10(9)26-2)17-20-6-11(28-17)16(25)27-3/h6,9-10,21H,4-5,7H2,1-3H3,(H,22,24)/t9-,10-/m0/s1. The highest BCUT2D eigenvalue weighted by molar-refractivity contribution is 7.17. The van der Waals surface area contributed by atoms with Gasteiger partial charge in [0.25, 0.3) is 5.91 Å². The number of hydrogen-bond donors (Lipinski definition) is 2. The number of halogens is 2. The fraction of sp³-hybridized carbons (Fsp3) is 0.471. The van der Waals surface area contributed by atoms with Gasteiger partial charge in [-0.25, -0.2) is 9.78 Å². The third-order valence-corrected chi connectivity index (χ3v) is 6.60. The molecule has 2 N–H and O–H groups in total. The SMILES string of the molecule is COC(=O)c1cnc(N2CC[C@H](NC(=O)c3[nH]c(C)c(Cl)c3Cl)[C@@H](OC)C2)s1. The van der Waals surface area contributed by atoms with E-state index in [0.717, 1.165) is 0 Å². The number of H-pyrrole nitrogens is 1. The molecule has 2 aromatic heterocycles. The molecule has 2 atom stereocenters. The van der Waals surface area contributed by atoms with E-state index < -0.39 is 5.97 Å². The van der Waals surface area contributed by atoms with Crippen LogP contribution in [0.3, 0.4) is 0 Å². The first-order chi connectivity index (χ1) is 13.3. The molecule has 28 heavy (non-hydrogen) atoms. The maximum atomic E-state index is 12.6. The number of ether oxygens (including phenoxy) is 2. The van der Waals surface area contributed by atoms with Crippen molar-refractivity contribution in [1.82, 2.24) is 15.3 Å². The van der Waals surface area contributed by atoms with E-state index in [1.807, 2.05) is 4.90 Å². The lowest BCUT2D eigenvalue weighted by molar-refractivity contribution is 0.0540. The van der Waals surface area contributed by atoms with E-state index in [1.54, 1.807) is 14.0 Å². The number of aromatic nitrogens is 2. The van der Waals surface area contributed by atoms with Crippen LogP contribution in [0.1, 0.15) is 32.3 Å². The Hall–Kier alpha value is -1.81. The molecular weight excluding hydrogens is 427 g/mol. The summed E-state index contributed by atoms with van der Waals surface area (Å²) >= 11 is 13.4. The number of carbonyl (C=O) groups excluding carboxylic acids is 2. The number of thiazole rings is 1. The summed E-state index contributed by atoms with van der Waals surface area (Å²) < 4.78 is 10.3. The summed E-state index contributed by atoms with van der Waals surface area (Å²) in [6.07, 6.45) is 1.89. The molecule has 0 unspecified atom stereocenters. The number of methoxy groups -OCH3 is 2. The second-order valence-corrected chi connectivity index (χ2v) is 8.11. The van der Waals surface area contributed by atoms with Crippen LogP contribution in [-0.4, -0.2) is 61.3 Å². The Morgan fingerprint density at radius 3 is 2.71 bits per heavy atom. The predicted molar refractivity (Wildman–Crippen MR) is 108 cm³/mol. The highest BCUT2D eigenvalue weighted by atomic mass is 35.5. The van der Waals surface area contributed by atoms with Crippen molar-refractivity contribution in [2.24, 2.45) is 0 Å². The largest absolute Gasteiger partial charge is 0.465 e. The van der Waals surface area contributed by atoms with Gasteiger partial charge in [0.1, 0.15) is 10.6 Å². The lowest BCUT2D eigenvalue weighted by Gasteiger charge is -2.37. The van der Waals surface area contributed by atoms with Crippen molar-refractivity contribution in [2.75, 3.05) is 32.2 Å². The minimum Gasteiger partial charge on any atom is -0.465 e.